The second-order valence-electron chi connectivity index (χ2n) is 5.12. The van der Waals surface area contributed by atoms with E-state index >= 15 is 0 Å². The minimum atomic E-state index is 0.429. The summed E-state index contributed by atoms with van der Waals surface area (Å²) in [7, 11) is 1.76. The first-order chi connectivity index (χ1) is 8.83. The summed E-state index contributed by atoms with van der Waals surface area (Å²) in [5, 5.41) is 3.72. The van der Waals surface area contributed by atoms with Crippen molar-refractivity contribution in [3.8, 4) is 0 Å². The Morgan fingerprint density at radius 1 is 1.33 bits per heavy atom. The van der Waals surface area contributed by atoms with Crippen LogP contribution in [0.25, 0.3) is 0 Å². The fourth-order valence-corrected chi connectivity index (χ4v) is 2.79. The smallest absolute Gasteiger partial charge is 0.0615 e. The summed E-state index contributed by atoms with van der Waals surface area (Å²) < 4.78 is 5.29. The summed E-state index contributed by atoms with van der Waals surface area (Å²) >= 11 is 0. The summed E-state index contributed by atoms with van der Waals surface area (Å²) in [4.78, 5) is 0. The van der Waals surface area contributed by atoms with Crippen molar-refractivity contribution in [1.29, 1.82) is 0 Å². The van der Waals surface area contributed by atoms with Crippen LogP contribution in [0.1, 0.15) is 24.0 Å². The van der Waals surface area contributed by atoms with E-state index < -0.39 is 0 Å². The van der Waals surface area contributed by atoms with Gasteiger partial charge in [0.2, 0.25) is 0 Å². The van der Waals surface area contributed by atoms with Gasteiger partial charge in [0.25, 0.3) is 0 Å². The molecule has 1 atom stereocenters. The number of hydrogen-bond acceptors (Lipinski definition) is 3. The van der Waals surface area contributed by atoms with E-state index in [4.69, 9.17) is 10.5 Å². The van der Waals surface area contributed by atoms with E-state index in [-0.39, 0.29) is 0 Å². The Morgan fingerprint density at radius 3 is 2.56 bits per heavy atom. The Morgan fingerprint density at radius 2 is 2.00 bits per heavy atom. The SMILES string of the molecule is COCC(CCCN)NC1Cc2ccccc2C1. The molecule has 0 spiro atoms. The average Bonchev–Trinajstić information content (AvgIpc) is 2.78. The molecule has 3 heteroatoms. The second-order valence-corrected chi connectivity index (χ2v) is 5.12. The molecule has 2 rings (SSSR count). The van der Waals surface area contributed by atoms with Crippen LogP contribution in [0.4, 0.5) is 0 Å². The lowest BCUT2D eigenvalue weighted by Crippen LogP contribution is -2.41. The van der Waals surface area contributed by atoms with Crippen LogP contribution in [0.15, 0.2) is 24.3 Å². The van der Waals surface area contributed by atoms with E-state index in [1.807, 2.05) is 0 Å². The lowest BCUT2D eigenvalue weighted by atomic mass is 10.1. The lowest BCUT2D eigenvalue weighted by molar-refractivity contribution is 0.156. The molecule has 3 nitrogen and oxygen atoms in total. The fraction of sp³-hybridized carbons (Fsp3) is 0.600. The minimum absolute atomic E-state index is 0.429. The molecule has 0 saturated heterocycles. The molecule has 0 heterocycles. The molecule has 1 aromatic rings. The predicted molar refractivity (Wildman–Crippen MR) is 74.7 cm³/mol. The maximum absolute atomic E-state index is 5.58. The largest absolute Gasteiger partial charge is 0.383 e. The third-order valence-corrected chi connectivity index (χ3v) is 3.65. The van der Waals surface area contributed by atoms with Crippen molar-refractivity contribution >= 4 is 0 Å². The zero-order valence-electron chi connectivity index (χ0n) is 11.2. The van der Waals surface area contributed by atoms with Crippen LogP contribution in [0.5, 0.6) is 0 Å². The summed E-state index contributed by atoms with van der Waals surface area (Å²) in [5.41, 5.74) is 8.56. The maximum Gasteiger partial charge on any atom is 0.0615 e. The van der Waals surface area contributed by atoms with Gasteiger partial charge in [-0.15, -0.1) is 0 Å². The summed E-state index contributed by atoms with van der Waals surface area (Å²) in [6.45, 7) is 1.53. The van der Waals surface area contributed by atoms with E-state index in [1.54, 1.807) is 7.11 Å². The van der Waals surface area contributed by atoms with Gasteiger partial charge in [-0.2, -0.15) is 0 Å². The Kier molecular flexibility index (Phi) is 5.17. The molecule has 100 valence electrons. The molecule has 0 saturated carbocycles. The van der Waals surface area contributed by atoms with Crippen molar-refractivity contribution in [2.24, 2.45) is 5.73 Å². The lowest BCUT2D eigenvalue weighted by Gasteiger charge is -2.22. The summed E-state index contributed by atoms with van der Waals surface area (Å²) in [6.07, 6.45) is 4.43. The molecule has 1 unspecified atom stereocenters. The number of fused-ring (bicyclic) bond motifs is 1. The number of ether oxygens (including phenoxy) is 1. The standard InChI is InChI=1S/C15H24N2O/c1-18-11-14(7-4-8-16)17-15-9-12-5-2-3-6-13(12)10-15/h2-3,5-6,14-15,17H,4,7-11,16H2,1H3. The van der Waals surface area contributed by atoms with Gasteiger partial charge < -0.3 is 15.8 Å². The molecule has 0 bridgehead atoms. The highest BCUT2D eigenvalue weighted by atomic mass is 16.5. The Labute approximate surface area is 110 Å². The summed E-state index contributed by atoms with van der Waals surface area (Å²) in [5.74, 6) is 0. The highest BCUT2D eigenvalue weighted by Gasteiger charge is 2.23. The van der Waals surface area contributed by atoms with E-state index in [0.29, 0.717) is 12.1 Å². The Hall–Kier alpha value is -0.900. The minimum Gasteiger partial charge on any atom is -0.383 e. The van der Waals surface area contributed by atoms with Gasteiger partial charge >= 0.3 is 0 Å². The molecule has 3 N–H and O–H groups in total. The van der Waals surface area contributed by atoms with Crippen LogP contribution in [0.3, 0.4) is 0 Å². The maximum atomic E-state index is 5.58. The normalized spacial score (nSPS) is 16.8. The van der Waals surface area contributed by atoms with Gasteiger partial charge in [0.15, 0.2) is 0 Å². The van der Waals surface area contributed by atoms with E-state index in [9.17, 15) is 0 Å². The number of hydrogen-bond donors (Lipinski definition) is 2. The van der Waals surface area contributed by atoms with Crippen molar-refractivity contribution < 1.29 is 4.74 Å². The Bertz CT molecular complexity index is 342. The van der Waals surface area contributed by atoms with Crippen molar-refractivity contribution in [3.63, 3.8) is 0 Å². The zero-order chi connectivity index (χ0) is 12.8. The van der Waals surface area contributed by atoms with E-state index in [2.05, 4.69) is 29.6 Å². The third kappa shape index (κ3) is 3.55. The highest BCUT2D eigenvalue weighted by Crippen LogP contribution is 2.22. The first-order valence-corrected chi connectivity index (χ1v) is 6.85. The van der Waals surface area contributed by atoms with Gasteiger partial charge in [0.1, 0.15) is 0 Å². The average molecular weight is 248 g/mol. The molecule has 1 aliphatic rings. The molecule has 0 aliphatic heterocycles. The van der Waals surface area contributed by atoms with Gasteiger partial charge in [-0.1, -0.05) is 24.3 Å². The number of methoxy groups -OCH3 is 1. The van der Waals surface area contributed by atoms with Gasteiger partial charge in [0, 0.05) is 19.2 Å². The van der Waals surface area contributed by atoms with Crippen molar-refractivity contribution in [2.75, 3.05) is 20.3 Å². The van der Waals surface area contributed by atoms with Gasteiger partial charge in [0.05, 0.1) is 6.61 Å². The van der Waals surface area contributed by atoms with E-state index in [1.165, 1.54) is 11.1 Å². The van der Waals surface area contributed by atoms with Crippen molar-refractivity contribution in [2.45, 2.75) is 37.8 Å². The number of nitrogens with one attached hydrogen (secondary N) is 1. The number of benzene rings is 1. The number of nitrogens with two attached hydrogens (primary N) is 1. The third-order valence-electron chi connectivity index (χ3n) is 3.65. The quantitative estimate of drug-likeness (QED) is 0.768. The Balaban J connectivity index is 1.86. The molecular weight excluding hydrogens is 224 g/mol. The first kappa shape index (κ1) is 13.5. The van der Waals surface area contributed by atoms with Gasteiger partial charge in [-0.05, 0) is 43.4 Å². The van der Waals surface area contributed by atoms with Crippen molar-refractivity contribution in [1.82, 2.24) is 5.32 Å². The molecule has 0 fully saturated rings. The summed E-state index contributed by atoms with van der Waals surface area (Å²) in [6, 6.07) is 9.72. The van der Waals surface area contributed by atoms with Gasteiger partial charge in [-0.25, -0.2) is 0 Å². The zero-order valence-corrected chi connectivity index (χ0v) is 11.2. The second kappa shape index (κ2) is 6.88. The highest BCUT2D eigenvalue weighted by molar-refractivity contribution is 5.33. The van der Waals surface area contributed by atoms with Crippen LogP contribution < -0.4 is 11.1 Å². The van der Waals surface area contributed by atoms with Crippen LogP contribution in [-0.4, -0.2) is 32.3 Å². The molecule has 1 aliphatic carbocycles. The molecule has 18 heavy (non-hydrogen) atoms. The molecule has 0 radical (unpaired) electrons. The fourth-order valence-electron chi connectivity index (χ4n) is 2.79. The van der Waals surface area contributed by atoms with Crippen LogP contribution in [0.2, 0.25) is 0 Å². The monoisotopic (exact) mass is 248 g/mol. The van der Waals surface area contributed by atoms with Crippen LogP contribution >= 0.6 is 0 Å². The molecular formula is C15H24N2O. The molecule has 1 aromatic carbocycles. The predicted octanol–water partition coefficient (Wildman–Crippen LogP) is 1.50. The van der Waals surface area contributed by atoms with Gasteiger partial charge in [-0.3, -0.25) is 0 Å². The molecule has 0 aromatic heterocycles. The molecule has 0 amide bonds. The van der Waals surface area contributed by atoms with Crippen molar-refractivity contribution in [3.05, 3.63) is 35.4 Å². The van der Waals surface area contributed by atoms with E-state index in [0.717, 1.165) is 38.8 Å². The number of rotatable bonds is 7. The van der Waals surface area contributed by atoms with Crippen LogP contribution in [-0.2, 0) is 17.6 Å². The van der Waals surface area contributed by atoms with Crippen LogP contribution in [0, 0.1) is 0 Å². The topological polar surface area (TPSA) is 47.3 Å². The first-order valence-electron chi connectivity index (χ1n) is 6.85.